The summed E-state index contributed by atoms with van der Waals surface area (Å²) in [5.41, 5.74) is 0.632. The molecular weight excluding hydrogens is 328 g/mol. The van der Waals surface area contributed by atoms with Gasteiger partial charge in [0.05, 0.1) is 6.20 Å². The number of piperidine rings is 1. The van der Waals surface area contributed by atoms with Crippen LogP contribution in [0.25, 0.3) is 5.52 Å². The summed E-state index contributed by atoms with van der Waals surface area (Å²) >= 11 is 0. The Hall–Kier alpha value is -1.89. The molecule has 2 aromatic rings. The summed E-state index contributed by atoms with van der Waals surface area (Å²) in [4.78, 5) is 22.1. The molecule has 0 spiro atoms. The molecule has 0 atom stereocenters. The average molecular weight is 358 g/mol. The maximum atomic E-state index is 12.9. The highest BCUT2D eigenvalue weighted by Crippen LogP contribution is 2.23. The summed E-state index contributed by atoms with van der Waals surface area (Å²) in [7, 11) is 2.20. The van der Waals surface area contributed by atoms with Gasteiger partial charge in [-0.15, -0.1) is 5.10 Å². The van der Waals surface area contributed by atoms with Crippen molar-refractivity contribution in [2.75, 3.05) is 38.1 Å². The van der Waals surface area contributed by atoms with Crippen molar-refractivity contribution in [1.29, 1.82) is 0 Å². The number of rotatable bonds is 4. The van der Waals surface area contributed by atoms with Gasteiger partial charge in [0.2, 0.25) is 5.95 Å². The Morgan fingerprint density at radius 2 is 1.96 bits per heavy atom. The minimum absolute atomic E-state index is 0.0402. The Bertz CT molecular complexity index is 830. The Balaban J connectivity index is 1.60. The van der Waals surface area contributed by atoms with Gasteiger partial charge in [0.25, 0.3) is 5.56 Å². The van der Waals surface area contributed by atoms with E-state index in [0.717, 1.165) is 43.7 Å². The summed E-state index contributed by atoms with van der Waals surface area (Å²) < 4.78 is 3.62. The molecule has 2 aliphatic heterocycles. The predicted octanol–water partition coefficient (Wildman–Crippen LogP) is 1.96. The molecule has 1 fully saturated rings. The van der Waals surface area contributed by atoms with Crippen molar-refractivity contribution in [3.05, 3.63) is 22.4 Å². The van der Waals surface area contributed by atoms with Gasteiger partial charge in [-0.05, 0) is 51.7 Å². The maximum absolute atomic E-state index is 12.9. The van der Waals surface area contributed by atoms with Crippen LogP contribution in [0.2, 0.25) is 0 Å². The molecule has 0 unspecified atom stereocenters. The first-order chi connectivity index (χ1) is 12.5. The monoisotopic (exact) mass is 358 g/mol. The molecule has 142 valence electrons. The third-order valence-electron chi connectivity index (χ3n) is 5.91. The second kappa shape index (κ2) is 7.02. The van der Waals surface area contributed by atoms with Crippen LogP contribution < -0.4 is 10.5 Å². The third kappa shape index (κ3) is 3.13. The van der Waals surface area contributed by atoms with Gasteiger partial charge in [0.1, 0.15) is 5.82 Å². The van der Waals surface area contributed by atoms with Crippen LogP contribution in [0.5, 0.6) is 0 Å². The number of aromatic nitrogens is 4. The lowest BCUT2D eigenvalue weighted by Gasteiger charge is -2.33. The van der Waals surface area contributed by atoms with Crippen LogP contribution in [0.1, 0.15) is 51.3 Å². The van der Waals surface area contributed by atoms with Gasteiger partial charge in [0.15, 0.2) is 5.52 Å². The number of nitrogens with zero attached hydrogens (tertiary/aromatic N) is 6. The standard InChI is InChI=1S/C19H30N6O/c1-14(2)17-20-13-16-18(26)24-9-4-8-23(19(24)21-25(16)17)12-7-15-5-10-22(3)11-6-15/h13-15H,4-12H2,1-3H3. The van der Waals surface area contributed by atoms with Gasteiger partial charge in [-0.1, -0.05) is 13.8 Å². The average Bonchev–Trinajstić information content (AvgIpc) is 3.06. The van der Waals surface area contributed by atoms with Gasteiger partial charge in [-0.3, -0.25) is 9.36 Å². The predicted molar refractivity (Wildman–Crippen MR) is 103 cm³/mol. The summed E-state index contributed by atoms with van der Waals surface area (Å²) in [6.07, 6.45) is 6.42. The zero-order valence-corrected chi connectivity index (χ0v) is 16.2. The molecule has 7 heteroatoms. The van der Waals surface area contributed by atoms with Gasteiger partial charge >= 0.3 is 0 Å². The summed E-state index contributed by atoms with van der Waals surface area (Å²) in [6.45, 7) is 9.30. The van der Waals surface area contributed by atoms with Crippen molar-refractivity contribution in [3.63, 3.8) is 0 Å². The first-order valence-electron chi connectivity index (χ1n) is 9.96. The van der Waals surface area contributed by atoms with Gasteiger partial charge in [-0.25, -0.2) is 9.50 Å². The number of hydrogen-bond donors (Lipinski definition) is 0. The van der Waals surface area contributed by atoms with Gasteiger partial charge in [0, 0.05) is 25.6 Å². The molecule has 0 aromatic carbocycles. The summed E-state index contributed by atoms with van der Waals surface area (Å²) in [5.74, 6) is 2.71. The van der Waals surface area contributed by atoms with Crippen LogP contribution in [-0.2, 0) is 6.54 Å². The Morgan fingerprint density at radius 3 is 2.69 bits per heavy atom. The molecule has 26 heavy (non-hydrogen) atoms. The van der Waals surface area contributed by atoms with E-state index in [1.165, 1.54) is 32.4 Å². The minimum Gasteiger partial charge on any atom is -0.341 e. The van der Waals surface area contributed by atoms with E-state index in [0.29, 0.717) is 5.52 Å². The van der Waals surface area contributed by atoms with Crippen molar-refractivity contribution in [2.45, 2.75) is 52.0 Å². The third-order valence-corrected chi connectivity index (χ3v) is 5.91. The highest BCUT2D eigenvalue weighted by atomic mass is 16.1. The first-order valence-corrected chi connectivity index (χ1v) is 9.96. The van der Waals surface area contributed by atoms with E-state index >= 15 is 0 Å². The second-order valence-electron chi connectivity index (χ2n) is 8.20. The van der Waals surface area contributed by atoms with Crippen LogP contribution in [0.3, 0.4) is 0 Å². The van der Waals surface area contributed by atoms with Gasteiger partial charge in [-0.2, -0.15) is 0 Å². The molecular formula is C19H30N6O. The molecule has 0 N–H and O–H groups in total. The van der Waals surface area contributed by atoms with Gasteiger partial charge < -0.3 is 9.80 Å². The molecule has 2 aliphatic rings. The Kier molecular flexibility index (Phi) is 4.73. The van der Waals surface area contributed by atoms with E-state index in [2.05, 4.69) is 35.7 Å². The molecule has 0 amide bonds. The fraction of sp³-hybridized carbons (Fsp3) is 0.737. The van der Waals surface area contributed by atoms with Crippen LogP contribution in [-0.4, -0.2) is 57.3 Å². The minimum atomic E-state index is 0.0402. The van der Waals surface area contributed by atoms with E-state index in [-0.39, 0.29) is 11.5 Å². The molecule has 0 aliphatic carbocycles. The molecule has 1 saturated heterocycles. The fourth-order valence-electron chi connectivity index (χ4n) is 4.23. The quantitative estimate of drug-likeness (QED) is 0.836. The number of likely N-dealkylation sites (tertiary alicyclic amines) is 1. The first kappa shape index (κ1) is 17.5. The lowest BCUT2D eigenvalue weighted by Crippen LogP contribution is -2.41. The molecule has 0 saturated carbocycles. The molecule has 0 bridgehead atoms. The highest BCUT2D eigenvalue weighted by molar-refractivity contribution is 5.47. The molecule has 4 heterocycles. The van der Waals surface area contributed by atoms with E-state index in [1.807, 2.05) is 4.57 Å². The topological polar surface area (TPSA) is 58.7 Å². The Labute approximate surface area is 154 Å². The zero-order valence-electron chi connectivity index (χ0n) is 16.2. The lowest BCUT2D eigenvalue weighted by atomic mass is 9.93. The smallest absolute Gasteiger partial charge is 0.280 e. The number of hydrogen-bond acceptors (Lipinski definition) is 5. The molecule has 7 nitrogen and oxygen atoms in total. The normalized spacial score (nSPS) is 19.5. The van der Waals surface area contributed by atoms with Crippen molar-refractivity contribution >= 4 is 11.5 Å². The molecule has 0 radical (unpaired) electrons. The molecule has 2 aromatic heterocycles. The second-order valence-corrected chi connectivity index (χ2v) is 8.20. The van der Waals surface area contributed by atoms with E-state index in [1.54, 1.807) is 10.7 Å². The number of anilines is 1. The summed E-state index contributed by atoms with van der Waals surface area (Å²) in [6, 6.07) is 0. The maximum Gasteiger partial charge on any atom is 0.280 e. The van der Waals surface area contributed by atoms with Crippen LogP contribution in [0, 0.1) is 5.92 Å². The Morgan fingerprint density at radius 1 is 1.19 bits per heavy atom. The zero-order chi connectivity index (χ0) is 18.3. The van der Waals surface area contributed by atoms with Crippen molar-refractivity contribution in [1.82, 2.24) is 24.1 Å². The van der Waals surface area contributed by atoms with Crippen molar-refractivity contribution in [2.24, 2.45) is 5.92 Å². The number of imidazole rings is 1. The van der Waals surface area contributed by atoms with Crippen molar-refractivity contribution < 1.29 is 0 Å². The fourth-order valence-corrected chi connectivity index (χ4v) is 4.23. The lowest BCUT2D eigenvalue weighted by molar-refractivity contribution is 0.213. The van der Waals surface area contributed by atoms with Crippen LogP contribution in [0.15, 0.2) is 11.0 Å². The number of fused-ring (bicyclic) bond motifs is 2. The van der Waals surface area contributed by atoms with Crippen LogP contribution >= 0.6 is 0 Å². The molecule has 4 rings (SSSR count). The summed E-state index contributed by atoms with van der Waals surface area (Å²) in [5, 5.41) is 4.85. The SMILES string of the molecule is CC(C)c1ncc2c(=O)n3c(nn12)N(CCC1CCN(C)CC1)CCC3. The van der Waals surface area contributed by atoms with Crippen molar-refractivity contribution in [3.8, 4) is 0 Å². The van der Waals surface area contributed by atoms with E-state index in [9.17, 15) is 4.79 Å². The van der Waals surface area contributed by atoms with E-state index in [4.69, 9.17) is 5.10 Å². The van der Waals surface area contributed by atoms with Crippen LogP contribution in [0.4, 0.5) is 5.95 Å². The highest BCUT2D eigenvalue weighted by Gasteiger charge is 2.25. The largest absolute Gasteiger partial charge is 0.341 e. The van der Waals surface area contributed by atoms with E-state index < -0.39 is 0 Å².